The molecule has 0 unspecified atom stereocenters. The largest absolute Gasteiger partial charge is 0.390 e. The van der Waals surface area contributed by atoms with Gasteiger partial charge >= 0.3 is 0 Å². The summed E-state index contributed by atoms with van der Waals surface area (Å²) < 4.78 is 15.0. The van der Waals surface area contributed by atoms with Crippen molar-refractivity contribution in [1.29, 1.82) is 0 Å². The first kappa shape index (κ1) is 16.8. The molecule has 0 saturated heterocycles. The van der Waals surface area contributed by atoms with E-state index in [4.69, 9.17) is 0 Å². The van der Waals surface area contributed by atoms with E-state index in [0.29, 0.717) is 47.8 Å². The number of allylic oxidation sites excluding steroid dienone is 2. The monoisotopic (exact) mass is 332 g/mol. The molecule has 0 aromatic heterocycles. The molecule has 1 N–H and O–H groups in total. The molecule has 0 spiro atoms. The molecule has 0 aromatic rings. The molecule has 4 aliphatic carbocycles. The van der Waals surface area contributed by atoms with E-state index in [9.17, 15) is 5.11 Å². The summed E-state index contributed by atoms with van der Waals surface area (Å²) in [6, 6.07) is 0. The van der Waals surface area contributed by atoms with Crippen LogP contribution in [0.1, 0.15) is 72.1 Å². The van der Waals surface area contributed by atoms with Crippen molar-refractivity contribution in [3.63, 3.8) is 0 Å². The summed E-state index contributed by atoms with van der Waals surface area (Å²) in [5.41, 5.74) is 1.95. The average molecular weight is 333 g/mol. The van der Waals surface area contributed by atoms with Crippen LogP contribution in [0.5, 0.6) is 0 Å². The molecule has 3 fully saturated rings. The molecule has 0 aromatic carbocycles. The Morgan fingerprint density at radius 2 is 1.88 bits per heavy atom. The van der Waals surface area contributed by atoms with E-state index in [1.165, 1.54) is 31.3 Å². The Morgan fingerprint density at radius 1 is 1.12 bits per heavy atom. The number of hydrogen-bond acceptors (Lipinski definition) is 1. The molecule has 134 valence electrons. The second-order valence-corrected chi connectivity index (χ2v) is 9.91. The van der Waals surface area contributed by atoms with Crippen LogP contribution in [0.25, 0.3) is 0 Å². The van der Waals surface area contributed by atoms with Crippen LogP contribution in [0.15, 0.2) is 23.6 Å². The second kappa shape index (κ2) is 5.43. The third-order valence-electron chi connectivity index (χ3n) is 8.38. The molecule has 0 bridgehead atoms. The Kier molecular flexibility index (Phi) is 3.81. The molecular formula is C22H33FO. The molecule has 4 rings (SSSR count). The summed E-state index contributed by atoms with van der Waals surface area (Å²) >= 11 is 0. The maximum absolute atomic E-state index is 15.0. The van der Waals surface area contributed by atoms with Crippen molar-refractivity contribution < 1.29 is 9.50 Å². The Labute approximate surface area is 146 Å². The first-order chi connectivity index (χ1) is 11.2. The van der Waals surface area contributed by atoms with Gasteiger partial charge in [0.25, 0.3) is 0 Å². The number of fused-ring (bicyclic) bond motifs is 5. The number of halogens is 1. The number of hydrogen-bond donors (Lipinski definition) is 1. The third kappa shape index (κ3) is 2.35. The quantitative estimate of drug-likeness (QED) is 0.602. The predicted octanol–water partition coefficient (Wildman–Crippen LogP) is 5.80. The fourth-order valence-corrected chi connectivity index (χ4v) is 7.30. The molecule has 0 heterocycles. The highest BCUT2D eigenvalue weighted by molar-refractivity contribution is 5.25. The zero-order valence-electron chi connectivity index (χ0n) is 15.6. The molecule has 0 radical (unpaired) electrons. The van der Waals surface area contributed by atoms with Gasteiger partial charge in [0.05, 0.1) is 11.4 Å². The highest BCUT2D eigenvalue weighted by Crippen LogP contribution is 2.65. The predicted molar refractivity (Wildman–Crippen MR) is 96.1 cm³/mol. The summed E-state index contributed by atoms with van der Waals surface area (Å²) in [7, 11) is 0. The number of rotatable bonds is 1. The van der Waals surface area contributed by atoms with Crippen LogP contribution < -0.4 is 0 Å². The van der Waals surface area contributed by atoms with E-state index in [0.717, 1.165) is 18.4 Å². The van der Waals surface area contributed by atoms with Crippen molar-refractivity contribution in [3.05, 3.63) is 23.6 Å². The molecule has 0 amide bonds. The lowest BCUT2D eigenvalue weighted by Gasteiger charge is -2.54. The van der Waals surface area contributed by atoms with Gasteiger partial charge in [0.2, 0.25) is 0 Å². The molecule has 24 heavy (non-hydrogen) atoms. The highest BCUT2D eigenvalue weighted by atomic mass is 19.1. The lowest BCUT2D eigenvalue weighted by atomic mass is 9.51. The number of aliphatic hydroxyl groups is 1. The van der Waals surface area contributed by atoms with Crippen LogP contribution in [0.3, 0.4) is 0 Å². The fourth-order valence-electron chi connectivity index (χ4n) is 7.30. The first-order valence-corrected chi connectivity index (χ1v) is 9.98. The van der Waals surface area contributed by atoms with Gasteiger partial charge in [-0.05, 0) is 99.4 Å². The topological polar surface area (TPSA) is 20.2 Å². The Bertz CT molecular complexity index is 589. The van der Waals surface area contributed by atoms with Crippen LogP contribution >= 0.6 is 0 Å². The average Bonchev–Trinajstić information content (AvgIpc) is 2.85. The van der Waals surface area contributed by atoms with Gasteiger partial charge < -0.3 is 5.11 Å². The van der Waals surface area contributed by atoms with Crippen LogP contribution in [-0.4, -0.2) is 10.7 Å². The van der Waals surface area contributed by atoms with Gasteiger partial charge in [-0.15, -0.1) is 0 Å². The van der Waals surface area contributed by atoms with Crippen LogP contribution in [-0.2, 0) is 0 Å². The Morgan fingerprint density at radius 3 is 2.58 bits per heavy atom. The van der Waals surface area contributed by atoms with Crippen molar-refractivity contribution in [2.75, 3.05) is 0 Å². The minimum absolute atomic E-state index is 0.129. The van der Waals surface area contributed by atoms with E-state index in [1.807, 2.05) is 6.92 Å². The molecular weight excluding hydrogens is 299 g/mol. The molecule has 0 aliphatic heterocycles. The van der Waals surface area contributed by atoms with Gasteiger partial charge in [-0.3, -0.25) is 0 Å². The SMILES string of the molecule is C=C(C)[C@H]1CC[C@H]2[C@@H]3CC(F)=C4C[C@](C)(O)CC[C@@H]4[C@H]3CC[C@]12C. The first-order valence-electron chi connectivity index (χ1n) is 9.98. The second-order valence-electron chi connectivity index (χ2n) is 9.91. The zero-order valence-corrected chi connectivity index (χ0v) is 15.6. The Hall–Kier alpha value is -0.630. The highest BCUT2D eigenvalue weighted by Gasteiger charge is 2.57. The fraction of sp³-hybridized carbons (Fsp3) is 0.818. The van der Waals surface area contributed by atoms with E-state index >= 15 is 4.39 Å². The normalized spacial score (nSPS) is 51.0. The van der Waals surface area contributed by atoms with Crippen molar-refractivity contribution in [2.24, 2.45) is 35.0 Å². The lowest BCUT2D eigenvalue weighted by Crippen LogP contribution is -2.48. The van der Waals surface area contributed by atoms with E-state index < -0.39 is 5.60 Å². The van der Waals surface area contributed by atoms with Gasteiger partial charge in [0.15, 0.2) is 0 Å². The van der Waals surface area contributed by atoms with Gasteiger partial charge in [-0.2, -0.15) is 0 Å². The molecule has 1 nitrogen and oxygen atoms in total. The van der Waals surface area contributed by atoms with Gasteiger partial charge in [-0.1, -0.05) is 19.1 Å². The molecule has 2 heteroatoms. The maximum atomic E-state index is 15.0. The van der Waals surface area contributed by atoms with E-state index in [1.54, 1.807) is 0 Å². The molecule has 3 saturated carbocycles. The summed E-state index contributed by atoms with van der Waals surface area (Å²) in [6.07, 6.45) is 8.01. The summed E-state index contributed by atoms with van der Waals surface area (Å²) in [5.74, 6) is 2.99. The standard InChI is InChI=1S/C22H33FO/c1-13(2)18-5-6-19-16-11-20(23)17-12-21(3,24)9-7-15(17)14(16)8-10-22(18,19)4/h14-16,18-19,24H,1,5-12H2,2-4H3/t14-,15-,16-,18-,19+,21-,22-/m1/s1. The third-order valence-corrected chi connectivity index (χ3v) is 8.38. The Balaban J connectivity index is 1.65. The summed E-state index contributed by atoms with van der Waals surface area (Å²) in [5, 5.41) is 10.4. The van der Waals surface area contributed by atoms with E-state index in [-0.39, 0.29) is 5.83 Å². The van der Waals surface area contributed by atoms with Gasteiger partial charge in [0.1, 0.15) is 0 Å². The molecule has 4 aliphatic rings. The minimum Gasteiger partial charge on any atom is -0.390 e. The van der Waals surface area contributed by atoms with Crippen LogP contribution in [0.2, 0.25) is 0 Å². The lowest BCUT2D eigenvalue weighted by molar-refractivity contribution is -0.0350. The van der Waals surface area contributed by atoms with Crippen molar-refractivity contribution in [2.45, 2.75) is 77.7 Å². The van der Waals surface area contributed by atoms with Crippen molar-refractivity contribution in [3.8, 4) is 0 Å². The smallest absolute Gasteiger partial charge is 0.0998 e. The van der Waals surface area contributed by atoms with Crippen LogP contribution in [0.4, 0.5) is 4.39 Å². The van der Waals surface area contributed by atoms with Gasteiger partial charge in [0, 0.05) is 6.42 Å². The van der Waals surface area contributed by atoms with Crippen molar-refractivity contribution in [1.82, 2.24) is 0 Å². The summed E-state index contributed by atoms with van der Waals surface area (Å²) in [4.78, 5) is 0. The molecule has 7 atom stereocenters. The van der Waals surface area contributed by atoms with E-state index in [2.05, 4.69) is 20.4 Å². The van der Waals surface area contributed by atoms with Crippen LogP contribution in [0, 0.1) is 35.0 Å². The maximum Gasteiger partial charge on any atom is 0.0998 e. The van der Waals surface area contributed by atoms with Gasteiger partial charge in [-0.25, -0.2) is 4.39 Å². The summed E-state index contributed by atoms with van der Waals surface area (Å²) in [6.45, 7) is 10.8. The zero-order chi connectivity index (χ0) is 17.3. The van der Waals surface area contributed by atoms with Crippen molar-refractivity contribution >= 4 is 0 Å². The minimum atomic E-state index is -0.697.